The lowest BCUT2D eigenvalue weighted by molar-refractivity contribution is -0.164. The highest BCUT2D eigenvalue weighted by Gasteiger charge is 2.36. The second-order valence-corrected chi connectivity index (χ2v) is 9.21. The largest absolute Gasteiger partial charge is 0.462 e. The van der Waals surface area contributed by atoms with E-state index in [4.69, 9.17) is 14.2 Å². The molecule has 1 aliphatic rings. The maximum atomic E-state index is 12.7. The number of ether oxygens (including phenoxy) is 3. The van der Waals surface area contributed by atoms with Crippen LogP contribution in [-0.4, -0.2) is 41.9 Å². The highest BCUT2D eigenvalue weighted by molar-refractivity contribution is 5.81. The van der Waals surface area contributed by atoms with E-state index in [1.807, 2.05) is 20.8 Å². The summed E-state index contributed by atoms with van der Waals surface area (Å²) in [6, 6.07) is -0.779. The summed E-state index contributed by atoms with van der Waals surface area (Å²) in [5.41, 5.74) is -0.652. The Morgan fingerprint density at radius 2 is 1.90 bits per heavy atom. The maximum absolute atomic E-state index is 12.7. The number of esters is 2. The molecule has 0 saturated carbocycles. The molecule has 0 aromatic rings. The van der Waals surface area contributed by atoms with Crippen LogP contribution in [0.2, 0.25) is 0 Å². The van der Waals surface area contributed by atoms with Crippen molar-refractivity contribution in [3.63, 3.8) is 0 Å². The first kappa shape index (κ1) is 25.2. The van der Waals surface area contributed by atoms with E-state index in [-0.39, 0.29) is 23.9 Å². The van der Waals surface area contributed by atoms with E-state index in [1.165, 1.54) is 0 Å². The van der Waals surface area contributed by atoms with Crippen molar-refractivity contribution in [1.29, 1.82) is 0 Å². The van der Waals surface area contributed by atoms with Crippen LogP contribution >= 0.6 is 0 Å². The molecule has 1 rings (SSSR count). The second-order valence-electron chi connectivity index (χ2n) is 9.21. The van der Waals surface area contributed by atoms with Gasteiger partial charge in [0.2, 0.25) is 0 Å². The zero-order valence-electron chi connectivity index (χ0n) is 19.1. The zero-order valence-corrected chi connectivity index (χ0v) is 19.1. The topological polar surface area (TPSA) is 90.9 Å². The van der Waals surface area contributed by atoms with E-state index in [0.717, 1.165) is 19.3 Å². The number of hydrogen-bond acceptors (Lipinski definition) is 6. The minimum atomic E-state index is -0.779. The lowest BCUT2D eigenvalue weighted by atomic mass is 9.88. The predicted octanol–water partition coefficient (Wildman–Crippen LogP) is 4.37. The number of carbonyl (C=O) groups excluding carboxylic acids is 3. The molecule has 0 radical (unpaired) electrons. The van der Waals surface area contributed by atoms with Gasteiger partial charge in [-0.2, -0.15) is 0 Å². The van der Waals surface area contributed by atoms with Gasteiger partial charge in [-0.1, -0.05) is 33.6 Å². The molecule has 168 valence electrons. The first-order valence-corrected chi connectivity index (χ1v) is 10.8. The summed E-state index contributed by atoms with van der Waals surface area (Å²) in [6.45, 7) is 12.9. The summed E-state index contributed by atoms with van der Waals surface area (Å²) in [4.78, 5) is 37.0. The monoisotopic (exact) mass is 413 g/mol. The molecule has 1 amide bonds. The molecule has 0 bridgehead atoms. The van der Waals surface area contributed by atoms with Crippen LogP contribution in [0, 0.1) is 11.8 Å². The molecule has 0 aromatic carbocycles. The fraction of sp³-hybridized carbons (Fsp3) is 0.864. The number of nitrogens with one attached hydrogen (secondary N) is 1. The summed E-state index contributed by atoms with van der Waals surface area (Å²) < 4.78 is 16.8. The van der Waals surface area contributed by atoms with Crippen molar-refractivity contribution in [2.75, 3.05) is 0 Å². The molecular formula is C22H39NO6. The zero-order chi connectivity index (χ0) is 22.2. The Kier molecular flexibility index (Phi) is 9.93. The van der Waals surface area contributed by atoms with Crippen molar-refractivity contribution in [3.05, 3.63) is 0 Å². The van der Waals surface area contributed by atoms with Gasteiger partial charge >= 0.3 is 18.0 Å². The molecule has 1 aliphatic heterocycles. The molecule has 1 fully saturated rings. The van der Waals surface area contributed by atoms with Crippen molar-refractivity contribution >= 4 is 18.0 Å². The first-order chi connectivity index (χ1) is 13.4. The molecule has 0 unspecified atom stereocenters. The predicted molar refractivity (Wildman–Crippen MR) is 110 cm³/mol. The van der Waals surface area contributed by atoms with Crippen LogP contribution in [0.5, 0.6) is 0 Å². The molecule has 1 N–H and O–H groups in total. The van der Waals surface area contributed by atoms with Gasteiger partial charge in [-0.25, -0.2) is 9.59 Å². The van der Waals surface area contributed by atoms with Crippen molar-refractivity contribution in [2.45, 2.75) is 111 Å². The van der Waals surface area contributed by atoms with E-state index >= 15 is 0 Å². The van der Waals surface area contributed by atoms with Crippen molar-refractivity contribution in [1.82, 2.24) is 5.32 Å². The Balaban J connectivity index is 2.93. The molecule has 0 aromatic heterocycles. The Morgan fingerprint density at radius 1 is 1.24 bits per heavy atom. The van der Waals surface area contributed by atoms with Crippen LogP contribution in [-0.2, 0) is 23.8 Å². The highest BCUT2D eigenvalue weighted by atomic mass is 16.6. The number of alkyl carbamates (subject to hydrolysis) is 1. The summed E-state index contributed by atoms with van der Waals surface area (Å²) in [7, 11) is 0. The number of carbonyl (C=O) groups is 3. The molecule has 1 saturated heterocycles. The number of unbranched alkanes of at least 4 members (excludes halogenated alkanes) is 1. The minimum Gasteiger partial charge on any atom is -0.462 e. The van der Waals surface area contributed by atoms with Gasteiger partial charge < -0.3 is 19.5 Å². The fourth-order valence-corrected chi connectivity index (χ4v) is 3.38. The number of hydrogen-bond donors (Lipinski definition) is 1. The van der Waals surface area contributed by atoms with E-state index in [2.05, 4.69) is 12.2 Å². The molecule has 29 heavy (non-hydrogen) atoms. The van der Waals surface area contributed by atoms with Crippen LogP contribution in [0.25, 0.3) is 0 Å². The van der Waals surface area contributed by atoms with E-state index in [0.29, 0.717) is 19.3 Å². The maximum Gasteiger partial charge on any atom is 0.408 e. The van der Waals surface area contributed by atoms with Gasteiger partial charge in [0.25, 0.3) is 0 Å². The van der Waals surface area contributed by atoms with Gasteiger partial charge in [0.1, 0.15) is 23.9 Å². The Bertz CT molecular complexity index is 554. The first-order valence-electron chi connectivity index (χ1n) is 10.8. The Morgan fingerprint density at radius 3 is 2.45 bits per heavy atom. The smallest absolute Gasteiger partial charge is 0.408 e. The third-order valence-corrected chi connectivity index (χ3v) is 4.97. The third-order valence-electron chi connectivity index (χ3n) is 4.97. The standard InChI is InChI=1S/C22H39NO6/c1-8-9-11-16-15(4)27-20(25)17(23-21(26)29-22(5,6)7)12-10-13-18(16)28-19(24)14(2)3/h14-18H,8-13H2,1-7H3,(H,23,26)/t15-,16+,17-,18-/m0/s1. The average Bonchev–Trinajstić information content (AvgIpc) is 2.62. The molecule has 0 spiro atoms. The molecule has 0 aliphatic carbocycles. The van der Waals surface area contributed by atoms with Gasteiger partial charge in [0.05, 0.1) is 5.92 Å². The van der Waals surface area contributed by atoms with Crippen molar-refractivity contribution < 1.29 is 28.6 Å². The SMILES string of the molecule is CCCC[C@@H]1[C@H](C)OC(=O)[C@@H](NC(=O)OC(C)(C)C)CCC[C@@H]1OC(=O)C(C)C. The van der Waals surface area contributed by atoms with Gasteiger partial charge in [0, 0.05) is 5.92 Å². The van der Waals surface area contributed by atoms with Crippen LogP contribution in [0.1, 0.15) is 87.0 Å². The lowest BCUT2D eigenvalue weighted by Gasteiger charge is -2.31. The molecule has 1 heterocycles. The summed E-state index contributed by atoms with van der Waals surface area (Å²) in [6.07, 6.45) is 3.07. The van der Waals surface area contributed by atoms with Crippen molar-refractivity contribution in [2.24, 2.45) is 11.8 Å². The number of rotatable bonds is 6. The normalized spacial score (nSPS) is 26.0. The minimum absolute atomic E-state index is 0.0677. The van der Waals surface area contributed by atoms with Crippen LogP contribution in [0.4, 0.5) is 4.79 Å². The Hall–Kier alpha value is -1.79. The quantitative estimate of drug-likeness (QED) is 0.514. The van der Waals surface area contributed by atoms with Crippen LogP contribution in [0.15, 0.2) is 0 Å². The molecular weight excluding hydrogens is 374 g/mol. The second kappa shape index (κ2) is 11.4. The number of amides is 1. The Labute approximate surface area is 175 Å². The average molecular weight is 414 g/mol. The summed E-state index contributed by atoms with van der Waals surface area (Å²) >= 11 is 0. The third kappa shape index (κ3) is 9.05. The van der Waals surface area contributed by atoms with E-state index in [9.17, 15) is 14.4 Å². The van der Waals surface area contributed by atoms with Crippen molar-refractivity contribution in [3.8, 4) is 0 Å². The van der Waals surface area contributed by atoms with E-state index < -0.39 is 29.8 Å². The van der Waals surface area contributed by atoms with E-state index in [1.54, 1.807) is 20.8 Å². The highest BCUT2D eigenvalue weighted by Crippen LogP contribution is 2.29. The molecule has 7 heteroatoms. The number of cyclic esters (lactones) is 1. The van der Waals surface area contributed by atoms with Gasteiger partial charge in [0.15, 0.2) is 0 Å². The lowest BCUT2D eigenvalue weighted by Crippen LogP contribution is -2.45. The summed E-state index contributed by atoms with van der Waals surface area (Å²) in [5.74, 6) is -0.992. The molecule has 4 atom stereocenters. The van der Waals surface area contributed by atoms with Crippen LogP contribution < -0.4 is 5.32 Å². The van der Waals surface area contributed by atoms with Crippen LogP contribution in [0.3, 0.4) is 0 Å². The molecule has 7 nitrogen and oxygen atoms in total. The van der Waals surface area contributed by atoms with Gasteiger partial charge in [-0.05, 0) is 53.4 Å². The fourth-order valence-electron chi connectivity index (χ4n) is 3.38. The van der Waals surface area contributed by atoms with Gasteiger partial charge in [-0.15, -0.1) is 0 Å². The summed E-state index contributed by atoms with van der Waals surface area (Å²) in [5, 5.41) is 2.63. The van der Waals surface area contributed by atoms with Gasteiger partial charge in [-0.3, -0.25) is 4.79 Å².